The Labute approximate surface area is 158 Å². The van der Waals surface area contributed by atoms with Gasteiger partial charge in [0.05, 0.1) is 5.56 Å². The molecule has 0 saturated heterocycles. The van der Waals surface area contributed by atoms with Gasteiger partial charge in [0.2, 0.25) is 11.4 Å². The highest BCUT2D eigenvalue weighted by atomic mass is 16.3. The lowest BCUT2D eigenvalue weighted by Crippen LogP contribution is -2.32. The van der Waals surface area contributed by atoms with Crippen LogP contribution in [0.3, 0.4) is 0 Å². The number of rotatable bonds is 3. The number of pyridine rings is 2. The molecule has 0 spiro atoms. The molecule has 0 aliphatic rings. The van der Waals surface area contributed by atoms with Gasteiger partial charge >= 0.3 is 0 Å². The summed E-state index contributed by atoms with van der Waals surface area (Å²) in [5, 5.41) is 1.99. The summed E-state index contributed by atoms with van der Waals surface area (Å²) >= 11 is 0. The maximum atomic E-state index is 7.97. The van der Waals surface area contributed by atoms with Gasteiger partial charge in [-0.2, -0.15) is 0 Å². The molecule has 1 aromatic carbocycles. The second-order valence-electron chi connectivity index (χ2n) is 7.40. The van der Waals surface area contributed by atoms with Crippen molar-refractivity contribution < 1.29 is 13.1 Å². The normalized spacial score (nSPS) is 14.0. The van der Waals surface area contributed by atoms with Crippen molar-refractivity contribution in [2.45, 2.75) is 34.0 Å². The summed E-state index contributed by atoms with van der Waals surface area (Å²) < 4.78 is 32.0. The van der Waals surface area contributed by atoms with E-state index >= 15 is 0 Å². The fourth-order valence-electron chi connectivity index (χ4n) is 3.64. The minimum Gasteiger partial charge on any atom is -0.437 e. The molecular formula is C23H25N2O+. The van der Waals surface area contributed by atoms with Crippen LogP contribution in [0.25, 0.3) is 33.3 Å². The van der Waals surface area contributed by atoms with Gasteiger partial charge in [0.1, 0.15) is 7.05 Å². The molecule has 3 heteroatoms. The van der Waals surface area contributed by atoms with Crippen LogP contribution in [0.4, 0.5) is 0 Å². The van der Waals surface area contributed by atoms with E-state index in [0.29, 0.717) is 23.6 Å². The first-order chi connectivity index (χ1) is 13.7. The highest BCUT2D eigenvalue weighted by molar-refractivity contribution is 6.08. The van der Waals surface area contributed by atoms with Crippen molar-refractivity contribution in [1.29, 1.82) is 0 Å². The van der Waals surface area contributed by atoms with Gasteiger partial charge in [0.15, 0.2) is 11.8 Å². The van der Waals surface area contributed by atoms with Crippen molar-refractivity contribution in [2.24, 2.45) is 13.0 Å². The van der Waals surface area contributed by atoms with Crippen LogP contribution in [0.15, 0.2) is 47.1 Å². The van der Waals surface area contributed by atoms with Gasteiger partial charge in [-0.05, 0) is 49.4 Å². The van der Waals surface area contributed by atoms with Crippen molar-refractivity contribution >= 4 is 22.1 Å². The van der Waals surface area contributed by atoms with Gasteiger partial charge in [-0.3, -0.25) is 0 Å². The summed E-state index contributed by atoms with van der Waals surface area (Å²) in [6.07, 6.45) is 4.18. The SMILES string of the molecule is [2H]C([2H])([2H])c1c[n+](C)c(-c2c(C)ccc3c2oc2ncccc23)cc1CC(C)C. The fraction of sp³-hybridized carbons (Fsp3) is 0.304. The van der Waals surface area contributed by atoms with Gasteiger partial charge in [-0.15, -0.1) is 0 Å². The lowest BCUT2D eigenvalue weighted by atomic mass is 9.95. The quantitative estimate of drug-likeness (QED) is 0.471. The number of furan rings is 1. The minimum absolute atomic E-state index is 0.351. The van der Waals surface area contributed by atoms with E-state index in [1.807, 2.05) is 29.8 Å². The maximum Gasteiger partial charge on any atom is 0.227 e. The van der Waals surface area contributed by atoms with E-state index in [2.05, 4.69) is 37.9 Å². The standard InChI is InChI=1S/C23H25N2O/c1-14(2)11-17-12-20(25(5)13-16(17)4)21-15(3)8-9-18-19-7-6-10-24-23(19)26-22(18)21/h6-10,12-14H,11H2,1-5H3/q+1/i4D3. The Kier molecular flexibility index (Phi) is 3.24. The monoisotopic (exact) mass is 348 g/mol. The average Bonchev–Trinajstić information content (AvgIpc) is 3.00. The second-order valence-corrected chi connectivity index (χ2v) is 7.40. The minimum atomic E-state index is -2.15. The Morgan fingerprint density at radius 3 is 2.81 bits per heavy atom. The smallest absolute Gasteiger partial charge is 0.227 e. The van der Waals surface area contributed by atoms with E-state index in [9.17, 15) is 0 Å². The third kappa shape index (κ3) is 2.68. The highest BCUT2D eigenvalue weighted by Gasteiger charge is 2.22. The number of aryl methyl sites for hydroxylation is 3. The van der Waals surface area contributed by atoms with E-state index in [4.69, 9.17) is 8.53 Å². The zero-order chi connectivity index (χ0) is 20.9. The van der Waals surface area contributed by atoms with E-state index in [-0.39, 0.29) is 0 Å². The Balaban J connectivity index is 2.04. The van der Waals surface area contributed by atoms with Gasteiger partial charge in [0, 0.05) is 32.7 Å². The molecule has 0 fully saturated rings. The van der Waals surface area contributed by atoms with Gasteiger partial charge in [0.25, 0.3) is 0 Å². The van der Waals surface area contributed by atoms with Crippen LogP contribution in [-0.2, 0) is 13.5 Å². The number of fused-ring (bicyclic) bond motifs is 3. The first-order valence-corrected chi connectivity index (χ1v) is 8.97. The molecule has 4 rings (SSSR count). The number of hydrogen-bond acceptors (Lipinski definition) is 2. The molecule has 0 N–H and O–H groups in total. The van der Waals surface area contributed by atoms with Gasteiger partial charge < -0.3 is 4.42 Å². The summed E-state index contributed by atoms with van der Waals surface area (Å²) in [5.74, 6) is 0.351. The summed E-state index contributed by atoms with van der Waals surface area (Å²) in [6, 6.07) is 10.1. The molecule has 4 aromatic rings. The molecule has 132 valence electrons. The summed E-state index contributed by atoms with van der Waals surface area (Å²) in [4.78, 5) is 4.36. The van der Waals surface area contributed by atoms with Crippen LogP contribution < -0.4 is 4.57 Å². The molecule has 0 saturated carbocycles. The number of benzene rings is 1. The Hall–Kier alpha value is -2.68. The van der Waals surface area contributed by atoms with Crippen LogP contribution in [-0.4, -0.2) is 4.98 Å². The van der Waals surface area contributed by atoms with Crippen LogP contribution in [0.1, 0.15) is 34.7 Å². The third-order valence-corrected chi connectivity index (χ3v) is 4.87. The molecule has 0 unspecified atom stereocenters. The second kappa shape index (κ2) is 6.24. The lowest BCUT2D eigenvalue weighted by Gasteiger charge is -2.11. The van der Waals surface area contributed by atoms with Crippen LogP contribution in [0.2, 0.25) is 0 Å². The molecule has 0 bridgehead atoms. The maximum absolute atomic E-state index is 7.97. The summed E-state index contributed by atoms with van der Waals surface area (Å²) in [6.45, 7) is 4.11. The predicted octanol–water partition coefficient (Wildman–Crippen LogP) is 5.29. The molecule has 3 nitrogen and oxygen atoms in total. The average molecular weight is 348 g/mol. The fourth-order valence-corrected chi connectivity index (χ4v) is 3.64. The Morgan fingerprint density at radius 2 is 2.04 bits per heavy atom. The van der Waals surface area contributed by atoms with Crippen molar-refractivity contribution in [3.8, 4) is 11.3 Å². The lowest BCUT2D eigenvalue weighted by molar-refractivity contribution is -0.660. The van der Waals surface area contributed by atoms with Crippen molar-refractivity contribution in [3.63, 3.8) is 0 Å². The zero-order valence-corrected chi connectivity index (χ0v) is 15.6. The molecule has 0 aliphatic heterocycles. The number of hydrogen-bond donors (Lipinski definition) is 0. The van der Waals surface area contributed by atoms with Crippen molar-refractivity contribution in [3.05, 3.63) is 59.4 Å². The molecule has 26 heavy (non-hydrogen) atoms. The van der Waals surface area contributed by atoms with E-state index in [1.54, 1.807) is 12.4 Å². The molecule has 0 atom stereocenters. The van der Waals surface area contributed by atoms with Crippen LogP contribution >= 0.6 is 0 Å². The highest BCUT2D eigenvalue weighted by Crippen LogP contribution is 2.36. The molecule has 0 radical (unpaired) electrons. The zero-order valence-electron chi connectivity index (χ0n) is 18.6. The molecule has 0 amide bonds. The van der Waals surface area contributed by atoms with Gasteiger partial charge in [-0.1, -0.05) is 26.0 Å². The summed E-state index contributed by atoms with van der Waals surface area (Å²) in [7, 11) is 1.89. The molecule has 3 aromatic heterocycles. The van der Waals surface area contributed by atoms with E-state index in [1.165, 1.54) is 0 Å². The third-order valence-electron chi connectivity index (χ3n) is 4.87. The van der Waals surface area contributed by atoms with Gasteiger partial charge in [-0.25, -0.2) is 9.55 Å². The van der Waals surface area contributed by atoms with Crippen molar-refractivity contribution in [2.75, 3.05) is 0 Å². The first-order valence-electron chi connectivity index (χ1n) is 10.5. The van der Waals surface area contributed by atoms with Crippen molar-refractivity contribution in [1.82, 2.24) is 4.98 Å². The number of nitrogens with zero attached hydrogens (tertiary/aromatic N) is 2. The molecular weight excluding hydrogens is 320 g/mol. The largest absolute Gasteiger partial charge is 0.437 e. The molecule has 0 aliphatic carbocycles. The summed E-state index contributed by atoms with van der Waals surface area (Å²) in [5.41, 5.74) is 5.66. The Bertz CT molecular complexity index is 1220. The number of aromatic nitrogens is 2. The Morgan fingerprint density at radius 1 is 1.19 bits per heavy atom. The topological polar surface area (TPSA) is 29.9 Å². The van der Waals surface area contributed by atoms with Crippen LogP contribution in [0.5, 0.6) is 0 Å². The first kappa shape index (κ1) is 13.5. The van der Waals surface area contributed by atoms with E-state index in [0.717, 1.165) is 38.7 Å². The predicted molar refractivity (Wildman–Crippen MR) is 106 cm³/mol. The van der Waals surface area contributed by atoms with Crippen LogP contribution in [0, 0.1) is 19.7 Å². The molecule has 3 heterocycles. The van der Waals surface area contributed by atoms with E-state index < -0.39 is 6.85 Å².